The van der Waals surface area contributed by atoms with Crippen LogP contribution < -0.4 is 0 Å². The number of halogens is 1. The summed E-state index contributed by atoms with van der Waals surface area (Å²) in [5, 5.41) is 36.4. The van der Waals surface area contributed by atoms with Crippen LogP contribution in [0, 0.1) is 46.3 Å². The van der Waals surface area contributed by atoms with Gasteiger partial charge in [-0.25, -0.2) is 4.79 Å². The maximum atomic E-state index is 14.2. The number of aliphatic hydroxyl groups is 3. The van der Waals surface area contributed by atoms with Crippen LogP contribution in [0.3, 0.4) is 0 Å². The van der Waals surface area contributed by atoms with Crippen molar-refractivity contribution in [2.45, 2.75) is 213 Å². The number of ether oxygens (including phenoxy) is 5. The Morgan fingerprint density at radius 1 is 0.934 bits per heavy atom. The maximum absolute atomic E-state index is 14.2. The van der Waals surface area contributed by atoms with Gasteiger partial charge < -0.3 is 39.0 Å². The van der Waals surface area contributed by atoms with Crippen molar-refractivity contribution in [2.75, 3.05) is 18.5 Å². The van der Waals surface area contributed by atoms with E-state index < -0.39 is 82.6 Å². The van der Waals surface area contributed by atoms with E-state index in [1.807, 2.05) is 41.5 Å². The predicted molar refractivity (Wildman–Crippen MR) is 237 cm³/mol. The van der Waals surface area contributed by atoms with E-state index in [0.717, 1.165) is 24.8 Å². The summed E-state index contributed by atoms with van der Waals surface area (Å²) in [5.74, 6) is -7.35. The van der Waals surface area contributed by atoms with E-state index in [1.54, 1.807) is 13.0 Å². The van der Waals surface area contributed by atoms with Crippen molar-refractivity contribution in [3.63, 3.8) is 0 Å². The third kappa shape index (κ3) is 10.2. The van der Waals surface area contributed by atoms with Gasteiger partial charge in [0.05, 0.1) is 24.0 Å². The highest BCUT2D eigenvalue weighted by atomic mass is 79.9. The number of alkyl halides is 1. The van der Waals surface area contributed by atoms with Gasteiger partial charge in [-0.2, -0.15) is 0 Å². The number of hydrogen-bond donors (Lipinski definition) is 3. The number of hydrogen-bond acceptors (Lipinski definition) is 11. The van der Waals surface area contributed by atoms with Crippen molar-refractivity contribution in [3.05, 3.63) is 11.6 Å². The summed E-state index contributed by atoms with van der Waals surface area (Å²) < 4.78 is 31.5. The molecule has 61 heavy (non-hydrogen) atoms. The number of allylic oxidation sites excluding steroid dienone is 1. The molecule has 2 aliphatic heterocycles. The highest BCUT2D eigenvalue weighted by molar-refractivity contribution is 9.09. The van der Waals surface area contributed by atoms with E-state index >= 15 is 0 Å². The van der Waals surface area contributed by atoms with Gasteiger partial charge in [0.1, 0.15) is 18.3 Å². The highest BCUT2D eigenvalue weighted by Crippen LogP contribution is 2.74. The number of ketones is 1. The first-order chi connectivity index (χ1) is 28.9. The summed E-state index contributed by atoms with van der Waals surface area (Å²) in [5.41, 5.74) is -2.90. The zero-order chi connectivity index (χ0) is 44.8. The van der Waals surface area contributed by atoms with Crippen LogP contribution in [0.15, 0.2) is 11.6 Å². The van der Waals surface area contributed by atoms with Gasteiger partial charge in [-0.05, 0) is 49.5 Å². The Hall–Kier alpha value is -1.41. The summed E-state index contributed by atoms with van der Waals surface area (Å²) in [7, 11) is 0. The molecule has 0 aromatic heterocycles. The molecule has 0 aromatic rings. The Labute approximate surface area is 375 Å². The van der Waals surface area contributed by atoms with Crippen LogP contribution >= 0.6 is 15.9 Å². The number of fused-ring (bicyclic) bond motifs is 1. The highest BCUT2D eigenvalue weighted by Gasteiger charge is 2.84. The summed E-state index contributed by atoms with van der Waals surface area (Å²) in [6.45, 7) is 15.5. The molecule has 1 spiro atoms. The fourth-order valence-electron chi connectivity index (χ4n) is 12.6. The smallest absolute Gasteiger partial charge is 0.348 e. The Morgan fingerprint density at radius 2 is 1.48 bits per heavy atom. The lowest BCUT2D eigenvalue weighted by atomic mass is 9.38. The minimum atomic E-state index is -2.12. The maximum Gasteiger partial charge on any atom is 0.348 e. The Kier molecular flexibility index (Phi) is 18.0. The first-order valence-corrected chi connectivity index (χ1v) is 25.3. The predicted octanol–water partition coefficient (Wildman–Crippen LogP) is 9.14. The molecule has 0 radical (unpaired) electrons. The molecule has 0 aromatic carbocycles. The van der Waals surface area contributed by atoms with Crippen LogP contribution in [0.1, 0.15) is 171 Å². The van der Waals surface area contributed by atoms with Crippen LogP contribution in [-0.4, -0.2) is 93.7 Å². The van der Waals surface area contributed by atoms with E-state index in [9.17, 15) is 29.7 Å². The summed E-state index contributed by atoms with van der Waals surface area (Å²) in [6.07, 6.45) is 16.5. The minimum absolute atomic E-state index is 0.0855. The average molecular weight is 926 g/mol. The number of esters is 2. The van der Waals surface area contributed by atoms with Gasteiger partial charge in [-0.3, -0.25) is 9.59 Å². The van der Waals surface area contributed by atoms with Crippen molar-refractivity contribution >= 4 is 33.7 Å². The summed E-state index contributed by atoms with van der Waals surface area (Å²) in [4.78, 5) is 41.9. The standard InChI is InChI=1S/C49H81BrO11/c1-9-10-11-12-13-14-15-16-17-18-19-20-21-22-23-24-25-57-39(29-50)61-43-36(51)26-33(6)35-27-37-47-30-58-49(56,45(47)46(35,43)8)42(53)34(7)40(47)41(44(54)59-37)60-38(52)28-48(55,31(2)3)32(4)5/h26,31-32,34-35,37,39-43,45,53,55-56H,9-25,27-30H2,1-8H3/t34?,35-,37+,39?,40?,41?,42+,43+,45?,46?,47-,49-/m0/s1. The SMILES string of the molecule is CCCCCCCCCCCCCCCCCCOC(CBr)O[C@@H]1C(=O)C=C(C)[C@@H]2C[C@H]3OC(=O)C(OC(=O)CC(O)(C(C)C)C(C)C)C4C(C)[C@@H](O)[C@]5(O)OC[C@@]43C5C12C. The largest absolute Gasteiger partial charge is 0.459 e. The van der Waals surface area contributed by atoms with E-state index in [0.29, 0.717) is 18.4 Å². The third-order valence-corrected chi connectivity index (χ3v) is 16.5. The molecule has 12 heteroatoms. The van der Waals surface area contributed by atoms with E-state index in [1.165, 1.54) is 83.5 Å². The van der Waals surface area contributed by atoms with Gasteiger partial charge in [-0.1, -0.05) is 166 Å². The van der Waals surface area contributed by atoms with Crippen molar-refractivity contribution in [2.24, 2.45) is 46.3 Å². The molecule has 6 unspecified atom stereocenters. The van der Waals surface area contributed by atoms with Gasteiger partial charge in [0.25, 0.3) is 0 Å². The second-order valence-electron chi connectivity index (χ2n) is 20.4. The molecule has 3 N–H and O–H groups in total. The molecule has 2 saturated carbocycles. The quantitative estimate of drug-likeness (QED) is 0.0329. The topological polar surface area (TPSA) is 158 Å². The molecule has 2 saturated heterocycles. The van der Waals surface area contributed by atoms with Crippen LogP contribution in [-0.2, 0) is 38.1 Å². The number of carbonyl (C=O) groups excluding carboxylic acids is 3. The van der Waals surface area contributed by atoms with Crippen molar-refractivity contribution in [1.29, 1.82) is 0 Å². The molecule has 0 amide bonds. The van der Waals surface area contributed by atoms with Crippen molar-refractivity contribution in [1.82, 2.24) is 0 Å². The lowest BCUT2D eigenvalue weighted by Gasteiger charge is -2.68. The van der Waals surface area contributed by atoms with Crippen LogP contribution in [0.5, 0.6) is 0 Å². The van der Waals surface area contributed by atoms with Crippen LogP contribution in [0.4, 0.5) is 0 Å². The number of unbranched alkanes of at least 4 members (excludes halogenated alkanes) is 15. The molecular formula is C49H81BrO11. The monoisotopic (exact) mass is 924 g/mol. The van der Waals surface area contributed by atoms with E-state index in [2.05, 4.69) is 22.9 Å². The second-order valence-corrected chi connectivity index (χ2v) is 21.1. The lowest BCUT2D eigenvalue weighted by Crippen LogP contribution is -2.78. The Bertz CT molecular complexity index is 1490. The zero-order valence-corrected chi connectivity index (χ0v) is 40.3. The first-order valence-electron chi connectivity index (χ1n) is 24.2. The molecule has 5 rings (SSSR count). The lowest BCUT2D eigenvalue weighted by molar-refractivity contribution is -0.345. The Morgan fingerprint density at radius 3 is 2.00 bits per heavy atom. The zero-order valence-electron chi connectivity index (χ0n) is 38.8. The molecular weight excluding hydrogens is 844 g/mol. The molecule has 2 heterocycles. The van der Waals surface area contributed by atoms with Gasteiger partial charge in [0, 0.05) is 29.3 Å². The molecule has 4 fully saturated rings. The minimum Gasteiger partial charge on any atom is -0.459 e. The average Bonchev–Trinajstić information content (AvgIpc) is 3.50. The molecule has 12 atom stereocenters. The summed E-state index contributed by atoms with van der Waals surface area (Å²) in [6, 6.07) is 0. The summed E-state index contributed by atoms with van der Waals surface area (Å²) >= 11 is 3.56. The fourth-order valence-corrected chi connectivity index (χ4v) is 12.9. The molecule has 350 valence electrons. The van der Waals surface area contributed by atoms with Crippen LogP contribution in [0.2, 0.25) is 0 Å². The number of carbonyl (C=O) groups is 3. The molecule has 11 nitrogen and oxygen atoms in total. The number of aliphatic hydroxyl groups excluding tert-OH is 1. The van der Waals surface area contributed by atoms with E-state index in [-0.39, 0.29) is 36.6 Å². The Balaban J connectivity index is 1.23. The van der Waals surface area contributed by atoms with Gasteiger partial charge in [0.15, 0.2) is 17.9 Å². The normalized spacial score (nSPS) is 34.9. The molecule has 2 bridgehead atoms. The first kappa shape index (κ1) is 50.6. The third-order valence-electron chi connectivity index (χ3n) is 16.0. The molecule has 3 aliphatic carbocycles. The van der Waals surface area contributed by atoms with Gasteiger partial charge in [-0.15, -0.1) is 0 Å². The van der Waals surface area contributed by atoms with Gasteiger partial charge >= 0.3 is 11.9 Å². The van der Waals surface area contributed by atoms with Crippen molar-refractivity contribution in [3.8, 4) is 0 Å². The van der Waals surface area contributed by atoms with Gasteiger partial charge in [0.2, 0.25) is 6.10 Å². The van der Waals surface area contributed by atoms with E-state index in [4.69, 9.17) is 23.7 Å². The van der Waals surface area contributed by atoms with Crippen molar-refractivity contribution < 1.29 is 53.4 Å². The second kappa shape index (κ2) is 21.7. The fraction of sp³-hybridized carbons (Fsp3) is 0.898. The molecule has 5 aliphatic rings. The number of rotatable bonds is 26. The van der Waals surface area contributed by atoms with Crippen LogP contribution in [0.25, 0.3) is 0 Å².